The number of urea groups is 1. The van der Waals surface area contributed by atoms with Crippen molar-refractivity contribution in [1.29, 1.82) is 0 Å². The number of hydrogen-bond acceptors (Lipinski definition) is 4. The number of carbonyl (C=O) groups excluding carboxylic acids is 1. The molecule has 2 aromatic rings. The highest BCUT2D eigenvalue weighted by Gasteiger charge is 2.22. The number of anilines is 1. The Kier molecular flexibility index (Phi) is 3.60. The highest BCUT2D eigenvalue weighted by molar-refractivity contribution is 5.90. The van der Waals surface area contributed by atoms with E-state index in [9.17, 15) is 4.79 Å². The summed E-state index contributed by atoms with van der Waals surface area (Å²) in [5.74, 6) is 0.819. The number of aromatic nitrogens is 2. The van der Waals surface area contributed by atoms with Gasteiger partial charge in [-0.1, -0.05) is 12.1 Å². The minimum absolute atomic E-state index is 0.171. The summed E-state index contributed by atoms with van der Waals surface area (Å²) in [6.07, 6.45) is 3.52. The molecule has 1 aliphatic heterocycles. The van der Waals surface area contributed by atoms with Crippen LogP contribution in [0.2, 0.25) is 0 Å². The van der Waals surface area contributed by atoms with Gasteiger partial charge in [-0.3, -0.25) is 0 Å². The number of carbonyl (C=O) groups is 1. The number of piperidine rings is 1. The van der Waals surface area contributed by atoms with Crippen LogP contribution in [0.15, 0.2) is 24.5 Å². The Bertz CT molecular complexity index is 672. The summed E-state index contributed by atoms with van der Waals surface area (Å²) in [5, 5.41) is 4.44. The van der Waals surface area contributed by atoms with Gasteiger partial charge < -0.3 is 16.0 Å². The van der Waals surface area contributed by atoms with E-state index in [1.54, 1.807) is 11.2 Å². The van der Waals surface area contributed by atoms with Crippen molar-refractivity contribution in [3.8, 4) is 0 Å². The van der Waals surface area contributed by atoms with Crippen molar-refractivity contribution in [3.63, 3.8) is 0 Å². The maximum Gasteiger partial charge on any atom is 0.314 e. The number of nitrogens with one attached hydrogen (secondary N) is 1. The van der Waals surface area contributed by atoms with Gasteiger partial charge in [0.15, 0.2) is 0 Å². The first-order valence-electron chi connectivity index (χ1n) is 7.16. The SMILES string of the molecule is Cc1cccc2c(N[C@H]3CCCN(C(N)=O)C3)ncnc12. The number of benzene rings is 1. The van der Waals surface area contributed by atoms with Crippen LogP contribution in [-0.4, -0.2) is 40.0 Å². The number of nitrogens with zero attached hydrogens (tertiary/aromatic N) is 3. The lowest BCUT2D eigenvalue weighted by atomic mass is 10.1. The Morgan fingerprint density at radius 1 is 1.43 bits per heavy atom. The number of likely N-dealkylation sites (tertiary alicyclic amines) is 1. The summed E-state index contributed by atoms with van der Waals surface area (Å²) in [7, 11) is 0. The molecule has 3 rings (SSSR count). The maximum atomic E-state index is 11.3. The Balaban J connectivity index is 1.85. The molecule has 1 saturated heterocycles. The van der Waals surface area contributed by atoms with Crippen LogP contribution in [0.3, 0.4) is 0 Å². The van der Waals surface area contributed by atoms with E-state index in [0.717, 1.165) is 41.7 Å². The molecule has 110 valence electrons. The summed E-state index contributed by atoms with van der Waals surface area (Å²) >= 11 is 0. The van der Waals surface area contributed by atoms with Crippen molar-refractivity contribution < 1.29 is 4.79 Å². The van der Waals surface area contributed by atoms with Crippen LogP contribution in [0.25, 0.3) is 10.9 Å². The summed E-state index contributed by atoms with van der Waals surface area (Å²) in [5.41, 5.74) is 7.45. The largest absolute Gasteiger partial charge is 0.365 e. The first-order chi connectivity index (χ1) is 10.1. The number of fused-ring (bicyclic) bond motifs is 1. The number of hydrogen-bond donors (Lipinski definition) is 2. The summed E-state index contributed by atoms with van der Waals surface area (Å²) in [4.78, 5) is 21.7. The van der Waals surface area contributed by atoms with Crippen molar-refractivity contribution in [1.82, 2.24) is 14.9 Å². The highest BCUT2D eigenvalue weighted by atomic mass is 16.2. The van der Waals surface area contributed by atoms with Crippen molar-refractivity contribution in [3.05, 3.63) is 30.1 Å². The van der Waals surface area contributed by atoms with Crippen LogP contribution in [0.5, 0.6) is 0 Å². The predicted octanol–water partition coefficient (Wildman–Crippen LogP) is 1.89. The lowest BCUT2D eigenvalue weighted by Gasteiger charge is -2.32. The van der Waals surface area contributed by atoms with E-state index in [1.807, 2.05) is 25.1 Å². The van der Waals surface area contributed by atoms with E-state index in [1.165, 1.54) is 0 Å². The van der Waals surface area contributed by atoms with Gasteiger partial charge >= 0.3 is 6.03 Å². The monoisotopic (exact) mass is 285 g/mol. The number of aryl methyl sites for hydroxylation is 1. The van der Waals surface area contributed by atoms with Gasteiger partial charge in [-0.15, -0.1) is 0 Å². The summed E-state index contributed by atoms with van der Waals surface area (Å²) < 4.78 is 0. The van der Waals surface area contributed by atoms with Gasteiger partial charge in [-0.25, -0.2) is 14.8 Å². The molecule has 6 nitrogen and oxygen atoms in total. The predicted molar refractivity (Wildman–Crippen MR) is 82.1 cm³/mol. The van der Waals surface area contributed by atoms with Crippen LogP contribution >= 0.6 is 0 Å². The zero-order valence-corrected chi connectivity index (χ0v) is 12.0. The Morgan fingerprint density at radius 3 is 3.10 bits per heavy atom. The second-order valence-corrected chi connectivity index (χ2v) is 5.46. The van der Waals surface area contributed by atoms with E-state index in [-0.39, 0.29) is 12.1 Å². The first-order valence-corrected chi connectivity index (χ1v) is 7.16. The van der Waals surface area contributed by atoms with Crippen molar-refractivity contribution in [2.24, 2.45) is 5.73 Å². The fourth-order valence-electron chi connectivity index (χ4n) is 2.84. The topological polar surface area (TPSA) is 84.1 Å². The van der Waals surface area contributed by atoms with Gasteiger partial charge in [0.1, 0.15) is 12.1 Å². The Morgan fingerprint density at radius 2 is 2.29 bits per heavy atom. The lowest BCUT2D eigenvalue weighted by molar-refractivity contribution is 0.192. The van der Waals surface area contributed by atoms with Crippen LogP contribution in [0, 0.1) is 6.92 Å². The van der Waals surface area contributed by atoms with E-state index in [4.69, 9.17) is 5.73 Å². The molecule has 0 aliphatic carbocycles. The number of amides is 2. The van der Waals surface area contributed by atoms with Gasteiger partial charge in [0, 0.05) is 24.5 Å². The summed E-state index contributed by atoms with van der Waals surface area (Å²) in [6.45, 7) is 3.39. The molecule has 1 aromatic heterocycles. The molecule has 6 heteroatoms. The second kappa shape index (κ2) is 5.55. The lowest BCUT2D eigenvalue weighted by Crippen LogP contribution is -2.47. The van der Waals surface area contributed by atoms with Crippen molar-refractivity contribution in [2.75, 3.05) is 18.4 Å². The smallest absolute Gasteiger partial charge is 0.314 e. The molecule has 1 atom stereocenters. The van der Waals surface area contributed by atoms with E-state index < -0.39 is 0 Å². The third-order valence-corrected chi connectivity index (χ3v) is 3.94. The van der Waals surface area contributed by atoms with Crippen LogP contribution in [-0.2, 0) is 0 Å². The third-order valence-electron chi connectivity index (χ3n) is 3.94. The Labute approximate surface area is 123 Å². The number of rotatable bonds is 2. The number of primary amides is 1. The third kappa shape index (κ3) is 2.74. The molecule has 3 N–H and O–H groups in total. The van der Waals surface area contributed by atoms with Gasteiger partial charge in [-0.2, -0.15) is 0 Å². The maximum absolute atomic E-state index is 11.3. The molecule has 1 aromatic carbocycles. The van der Waals surface area contributed by atoms with Crippen LogP contribution in [0.4, 0.5) is 10.6 Å². The highest BCUT2D eigenvalue weighted by Crippen LogP contribution is 2.23. The molecular weight excluding hydrogens is 266 g/mol. The molecule has 1 aliphatic rings. The van der Waals surface area contributed by atoms with Crippen molar-refractivity contribution >= 4 is 22.8 Å². The quantitative estimate of drug-likeness (QED) is 0.882. The normalized spacial score (nSPS) is 18.7. The number of para-hydroxylation sites is 1. The zero-order chi connectivity index (χ0) is 14.8. The van der Waals surface area contributed by atoms with Crippen LogP contribution < -0.4 is 11.1 Å². The molecule has 0 unspecified atom stereocenters. The van der Waals surface area contributed by atoms with E-state index >= 15 is 0 Å². The minimum Gasteiger partial charge on any atom is -0.365 e. The van der Waals surface area contributed by atoms with Gasteiger partial charge in [0.25, 0.3) is 0 Å². The van der Waals surface area contributed by atoms with Gasteiger partial charge in [-0.05, 0) is 31.4 Å². The molecular formula is C15H19N5O. The molecule has 0 spiro atoms. The van der Waals surface area contributed by atoms with Crippen LogP contribution in [0.1, 0.15) is 18.4 Å². The molecule has 0 bridgehead atoms. The molecule has 0 radical (unpaired) electrons. The average molecular weight is 285 g/mol. The van der Waals surface area contributed by atoms with Gasteiger partial charge in [0.05, 0.1) is 5.52 Å². The average Bonchev–Trinajstić information content (AvgIpc) is 2.49. The fraction of sp³-hybridized carbons (Fsp3) is 0.400. The van der Waals surface area contributed by atoms with E-state index in [0.29, 0.717) is 6.54 Å². The second-order valence-electron chi connectivity index (χ2n) is 5.46. The molecule has 1 fully saturated rings. The van der Waals surface area contributed by atoms with Gasteiger partial charge in [0.2, 0.25) is 0 Å². The Hall–Kier alpha value is -2.37. The van der Waals surface area contributed by atoms with Crippen molar-refractivity contribution in [2.45, 2.75) is 25.8 Å². The van der Waals surface area contributed by atoms with E-state index in [2.05, 4.69) is 15.3 Å². The fourth-order valence-corrected chi connectivity index (χ4v) is 2.84. The minimum atomic E-state index is -0.357. The molecule has 21 heavy (non-hydrogen) atoms. The first kappa shape index (κ1) is 13.6. The zero-order valence-electron chi connectivity index (χ0n) is 12.0. The molecule has 0 saturated carbocycles. The standard InChI is InChI=1S/C15H19N5O/c1-10-4-2-6-12-13(10)17-9-18-14(12)19-11-5-3-7-20(8-11)15(16)21/h2,4,6,9,11H,3,5,7-8H2,1H3,(H2,16,21)(H,17,18,19)/t11-/m0/s1. The number of nitrogens with two attached hydrogens (primary N) is 1. The molecule has 2 heterocycles. The summed E-state index contributed by atoms with van der Waals surface area (Å²) in [6, 6.07) is 5.87. The molecule has 2 amide bonds.